The van der Waals surface area contributed by atoms with Crippen molar-refractivity contribution in [3.63, 3.8) is 0 Å². The lowest BCUT2D eigenvalue weighted by molar-refractivity contribution is -0.191. The van der Waals surface area contributed by atoms with Gasteiger partial charge < -0.3 is 9.64 Å². The molecule has 0 bridgehead atoms. The molecule has 0 aliphatic heterocycles. The molecule has 0 saturated heterocycles. The highest BCUT2D eigenvalue weighted by molar-refractivity contribution is 7.18. The molecule has 0 fully saturated rings. The van der Waals surface area contributed by atoms with Crippen LogP contribution in [0.15, 0.2) is 54.7 Å². The Morgan fingerprint density at radius 1 is 1.11 bits per heavy atom. The van der Waals surface area contributed by atoms with Gasteiger partial charge in [-0.05, 0) is 36.8 Å². The Kier molecular flexibility index (Phi) is 8.93. The van der Waals surface area contributed by atoms with E-state index in [4.69, 9.17) is 19.3 Å². The van der Waals surface area contributed by atoms with Crippen LogP contribution in [0.25, 0.3) is 27.5 Å². The Morgan fingerprint density at radius 3 is 2.38 bits per heavy atom. The van der Waals surface area contributed by atoms with Crippen molar-refractivity contribution in [1.82, 2.24) is 14.8 Å². The molecule has 2 aromatic carbocycles. The maximum absolute atomic E-state index is 13.7. The number of hydrogen-bond acceptors (Lipinski definition) is 7. The molecule has 0 unspecified atom stereocenters. The molecule has 4 aromatic rings. The third kappa shape index (κ3) is 6.67. The predicted molar refractivity (Wildman–Crippen MR) is 130 cm³/mol. The fraction of sp³-hybridized carbons (Fsp3) is 0.240. The Hall–Kier alpha value is -3.86. The minimum atomic E-state index is -4.41. The highest BCUT2D eigenvalue weighted by atomic mass is 32.1. The van der Waals surface area contributed by atoms with E-state index in [0.717, 1.165) is 22.7 Å². The number of nitrogens with zero attached hydrogens (tertiary/aromatic N) is 4. The van der Waals surface area contributed by atoms with E-state index < -0.39 is 11.7 Å². The zero-order valence-corrected chi connectivity index (χ0v) is 20.9. The number of likely N-dealkylation sites (N-methyl/N-ethyl adjacent to an activating group) is 1. The summed E-state index contributed by atoms with van der Waals surface area (Å²) in [6.45, 7) is 2.87. The van der Waals surface area contributed by atoms with Gasteiger partial charge in [0, 0.05) is 38.0 Å². The average Bonchev–Trinajstić information content (AvgIpc) is 3.47. The normalized spacial score (nSPS) is 11.0. The van der Waals surface area contributed by atoms with E-state index in [9.17, 15) is 17.6 Å². The number of rotatable bonds is 7. The third-order valence-corrected chi connectivity index (χ3v) is 6.45. The van der Waals surface area contributed by atoms with Crippen molar-refractivity contribution in [3.8, 4) is 27.5 Å². The number of aryl methyl sites for hydroxylation is 1. The summed E-state index contributed by atoms with van der Waals surface area (Å²) < 4.78 is 59.6. The molecule has 12 heteroatoms. The second-order valence-corrected chi connectivity index (χ2v) is 8.76. The van der Waals surface area contributed by atoms with Gasteiger partial charge in [-0.25, -0.2) is 14.1 Å². The van der Waals surface area contributed by atoms with Crippen LogP contribution in [-0.2, 0) is 20.5 Å². The second kappa shape index (κ2) is 11.9. The van der Waals surface area contributed by atoms with Crippen molar-refractivity contribution >= 4 is 22.5 Å². The molecule has 194 valence electrons. The highest BCUT2D eigenvalue weighted by Gasteiger charge is 2.30. The summed E-state index contributed by atoms with van der Waals surface area (Å²) in [5.74, 6) is -0.342. The third-order valence-electron chi connectivity index (χ3n) is 5.29. The summed E-state index contributed by atoms with van der Waals surface area (Å²) in [5, 5.41) is 5.87. The number of aromatic nitrogens is 3. The van der Waals surface area contributed by atoms with Gasteiger partial charge in [0.2, 0.25) is 5.13 Å². The standard InChI is InChI=1S/C24H22F4N4OS.CO2/c1-15-20(17-5-4-6-19(25)13-17)14-32(30-15)23-29-21(22(34-23)31(2)11-12-33-3)16-7-9-18(10-8-16)24(26,27)28;2-1-3/h4-10,13-14H,11-12H2,1-3H3;. The summed E-state index contributed by atoms with van der Waals surface area (Å²) in [6, 6.07) is 11.2. The molecule has 2 aromatic heterocycles. The molecule has 0 amide bonds. The number of alkyl halides is 3. The van der Waals surface area contributed by atoms with Crippen molar-refractivity contribution < 1.29 is 31.9 Å². The predicted octanol–water partition coefficient (Wildman–Crippen LogP) is 5.63. The van der Waals surface area contributed by atoms with Crippen molar-refractivity contribution in [3.05, 3.63) is 71.8 Å². The Bertz CT molecular complexity index is 1380. The number of benzene rings is 2. The van der Waals surface area contributed by atoms with Crippen molar-refractivity contribution in [2.75, 3.05) is 32.2 Å². The fourth-order valence-corrected chi connectivity index (χ4v) is 4.49. The molecule has 0 aliphatic carbocycles. The lowest BCUT2D eigenvalue weighted by Gasteiger charge is -2.18. The molecule has 2 heterocycles. The fourth-order valence-electron chi connectivity index (χ4n) is 3.49. The second-order valence-electron chi connectivity index (χ2n) is 7.81. The molecular weight excluding hydrogens is 512 g/mol. The van der Waals surface area contributed by atoms with E-state index in [0.29, 0.717) is 40.8 Å². The van der Waals surface area contributed by atoms with Gasteiger partial charge in [0.1, 0.15) is 16.5 Å². The van der Waals surface area contributed by atoms with Crippen LogP contribution in [0.3, 0.4) is 0 Å². The summed E-state index contributed by atoms with van der Waals surface area (Å²) in [4.78, 5) is 22.9. The van der Waals surface area contributed by atoms with Crippen LogP contribution in [0.5, 0.6) is 0 Å². The van der Waals surface area contributed by atoms with Crippen molar-refractivity contribution in [2.24, 2.45) is 0 Å². The Balaban J connectivity index is 0.00000121. The van der Waals surface area contributed by atoms with Gasteiger partial charge in [-0.2, -0.15) is 27.9 Å². The highest BCUT2D eigenvalue weighted by Crippen LogP contribution is 2.39. The van der Waals surface area contributed by atoms with Crippen LogP contribution in [-0.4, -0.2) is 48.2 Å². The number of halogens is 4. The van der Waals surface area contributed by atoms with Crippen LogP contribution in [0.4, 0.5) is 22.6 Å². The monoisotopic (exact) mass is 534 g/mol. The lowest BCUT2D eigenvalue weighted by atomic mass is 10.1. The molecule has 0 spiro atoms. The lowest BCUT2D eigenvalue weighted by Crippen LogP contribution is -2.21. The van der Waals surface area contributed by atoms with Crippen molar-refractivity contribution in [2.45, 2.75) is 13.1 Å². The topological polar surface area (TPSA) is 77.3 Å². The molecule has 37 heavy (non-hydrogen) atoms. The summed E-state index contributed by atoms with van der Waals surface area (Å²) in [7, 11) is 3.47. The van der Waals surface area contributed by atoms with E-state index in [-0.39, 0.29) is 12.0 Å². The summed E-state index contributed by atoms with van der Waals surface area (Å²) >= 11 is 1.36. The molecule has 0 saturated carbocycles. The Labute approximate surface area is 213 Å². The molecule has 7 nitrogen and oxygen atoms in total. The number of methoxy groups -OCH3 is 1. The first-order chi connectivity index (χ1) is 17.6. The van der Waals surface area contributed by atoms with E-state index in [1.807, 2.05) is 18.9 Å². The number of ether oxygens (including phenoxy) is 1. The molecule has 4 rings (SSSR count). The maximum atomic E-state index is 13.7. The minimum absolute atomic E-state index is 0.250. The van der Waals surface area contributed by atoms with E-state index in [2.05, 4.69) is 5.10 Å². The van der Waals surface area contributed by atoms with Gasteiger partial charge >= 0.3 is 12.3 Å². The summed E-state index contributed by atoms with van der Waals surface area (Å²) in [6.07, 6.45) is -2.39. The van der Waals surface area contributed by atoms with Crippen LogP contribution < -0.4 is 4.90 Å². The molecular formula is C25H22F4N4O3S. The van der Waals surface area contributed by atoms with Gasteiger partial charge in [-0.15, -0.1) is 0 Å². The number of anilines is 1. The zero-order valence-electron chi connectivity index (χ0n) is 20.0. The maximum Gasteiger partial charge on any atom is 0.416 e. The van der Waals surface area contributed by atoms with E-state index in [1.54, 1.807) is 30.1 Å². The molecule has 0 aliphatic rings. The Morgan fingerprint density at radius 2 is 1.78 bits per heavy atom. The van der Waals surface area contributed by atoms with Gasteiger partial charge in [0.15, 0.2) is 0 Å². The minimum Gasteiger partial charge on any atom is -0.383 e. The quantitative estimate of drug-likeness (QED) is 0.286. The van der Waals surface area contributed by atoms with Gasteiger partial charge in [0.05, 0.1) is 17.9 Å². The SMILES string of the molecule is COCCN(C)c1sc(-n2cc(-c3cccc(F)c3)c(C)n2)nc1-c1ccc(C(F)(F)F)cc1.O=C=O. The number of hydrogen-bond donors (Lipinski definition) is 0. The van der Waals surface area contributed by atoms with Gasteiger partial charge in [-0.1, -0.05) is 35.6 Å². The number of carbonyl (C=O) groups excluding carboxylic acids is 2. The van der Waals surface area contributed by atoms with Crippen LogP contribution in [0, 0.1) is 12.7 Å². The smallest absolute Gasteiger partial charge is 0.383 e. The molecule has 0 radical (unpaired) electrons. The molecule has 0 atom stereocenters. The first kappa shape index (κ1) is 27.7. The van der Waals surface area contributed by atoms with Crippen LogP contribution in [0.2, 0.25) is 0 Å². The first-order valence-corrected chi connectivity index (χ1v) is 11.6. The van der Waals surface area contributed by atoms with E-state index >= 15 is 0 Å². The van der Waals surface area contributed by atoms with Crippen LogP contribution in [0.1, 0.15) is 11.3 Å². The van der Waals surface area contributed by atoms with E-state index in [1.165, 1.54) is 35.6 Å². The number of thiazole rings is 1. The van der Waals surface area contributed by atoms with Crippen molar-refractivity contribution in [1.29, 1.82) is 0 Å². The van der Waals surface area contributed by atoms with Crippen LogP contribution >= 0.6 is 11.3 Å². The average molecular weight is 535 g/mol. The van der Waals surface area contributed by atoms with Gasteiger partial charge in [0.25, 0.3) is 0 Å². The first-order valence-electron chi connectivity index (χ1n) is 10.8. The van der Waals surface area contributed by atoms with Gasteiger partial charge in [-0.3, -0.25) is 0 Å². The summed E-state index contributed by atoms with van der Waals surface area (Å²) in [5.41, 5.74) is 2.55. The zero-order chi connectivity index (χ0) is 27.2. The molecule has 0 N–H and O–H groups in total. The largest absolute Gasteiger partial charge is 0.416 e.